The molecule has 0 radical (unpaired) electrons. The lowest BCUT2D eigenvalue weighted by Crippen LogP contribution is -2.59. The molecule has 1 aromatic heterocycles. The molecule has 184 valence electrons. The number of amides is 1. The van der Waals surface area contributed by atoms with Crippen molar-refractivity contribution < 1.29 is 4.79 Å². The third-order valence-corrected chi connectivity index (χ3v) is 8.02. The lowest BCUT2D eigenvalue weighted by atomic mass is 9.96. The third kappa shape index (κ3) is 5.63. The van der Waals surface area contributed by atoms with E-state index in [9.17, 15) is 4.79 Å². The van der Waals surface area contributed by atoms with E-state index >= 15 is 0 Å². The van der Waals surface area contributed by atoms with Crippen molar-refractivity contribution in [1.29, 1.82) is 0 Å². The van der Waals surface area contributed by atoms with Crippen molar-refractivity contribution in [3.05, 3.63) is 76.3 Å². The van der Waals surface area contributed by atoms with Gasteiger partial charge in [0.05, 0.1) is 6.17 Å². The van der Waals surface area contributed by atoms with Gasteiger partial charge in [-0.15, -0.1) is 0 Å². The van der Waals surface area contributed by atoms with Gasteiger partial charge in [0.2, 0.25) is 5.91 Å². The number of carbonyl (C=O) groups excluding carboxylic acids is 1. The Morgan fingerprint density at radius 2 is 1.66 bits per heavy atom. The average Bonchev–Trinajstić information content (AvgIpc) is 3.41. The van der Waals surface area contributed by atoms with Crippen molar-refractivity contribution in [3.63, 3.8) is 0 Å². The Morgan fingerprint density at radius 3 is 2.29 bits per heavy atom. The number of nitrogens with zero attached hydrogens (tertiary/aromatic N) is 3. The molecule has 2 aliphatic rings. The number of piperazine rings is 1. The van der Waals surface area contributed by atoms with Crippen LogP contribution in [0.15, 0.2) is 54.7 Å². The van der Waals surface area contributed by atoms with Crippen LogP contribution in [0.25, 0.3) is 11.1 Å². The molecular formula is C27H34N6OS. The molecule has 7 nitrogen and oxygen atoms in total. The second-order valence-electron chi connectivity index (χ2n) is 10.0. The molecule has 2 heterocycles. The number of fused-ring (bicyclic) bond motifs is 1. The fourth-order valence-electron chi connectivity index (χ4n) is 4.94. The number of hydrogen-bond donors (Lipinski definition) is 3. The van der Waals surface area contributed by atoms with E-state index in [1.807, 2.05) is 6.20 Å². The van der Waals surface area contributed by atoms with Crippen molar-refractivity contribution in [2.24, 2.45) is 11.5 Å². The van der Waals surface area contributed by atoms with Crippen molar-refractivity contribution >= 4 is 17.4 Å². The van der Waals surface area contributed by atoms with Gasteiger partial charge in [-0.3, -0.25) is 9.69 Å². The van der Waals surface area contributed by atoms with Crippen LogP contribution >= 0.6 is 11.5 Å². The topological polar surface area (TPSA) is 101 Å². The summed E-state index contributed by atoms with van der Waals surface area (Å²) in [6.07, 6.45) is 2.91. The molecule has 2 atom stereocenters. The first kappa shape index (κ1) is 24.1. The summed E-state index contributed by atoms with van der Waals surface area (Å²) in [6, 6.07) is 17.2. The van der Waals surface area contributed by atoms with E-state index in [4.69, 9.17) is 11.5 Å². The van der Waals surface area contributed by atoms with Gasteiger partial charge in [0.15, 0.2) is 0 Å². The maximum Gasteiger partial charge on any atom is 0.242 e. The molecule has 5 N–H and O–H groups in total. The van der Waals surface area contributed by atoms with Crippen LogP contribution < -0.4 is 16.8 Å². The molecule has 1 unspecified atom stereocenters. The zero-order chi connectivity index (χ0) is 24.4. The lowest BCUT2D eigenvalue weighted by Gasteiger charge is -2.32. The van der Waals surface area contributed by atoms with Gasteiger partial charge in [-0.1, -0.05) is 48.5 Å². The molecule has 35 heavy (non-hydrogen) atoms. The molecule has 8 heteroatoms. The second-order valence-corrected chi connectivity index (χ2v) is 10.9. The maximum absolute atomic E-state index is 12.8. The molecule has 5 rings (SSSR count). The number of rotatable bonds is 7. The maximum atomic E-state index is 12.8. The van der Waals surface area contributed by atoms with Gasteiger partial charge in [-0.2, -0.15) is 0 Å². The SMILES string of the molecule is CN1CCN(Cc2ccc(-c3ccc(CC(N)NC(=O)[C@]4(N)Cc5cnsc5C4)cc3)cc2)CC1. The smallest absolute Gasteiger partial charge is 0.242 e. The van der Waals surface area contributed by atoms with Crippen LogP contribution in [-0.2, 0) is 30.6 Å². The molecule has 0 bridgehead atoms. The summed E-state index contributed by atoms with van der Waals surface area (Å²) >= 11 is 1.42. The van der Waals surface area contributed by atoms with E-state index in [0.717, 1.165) is 48.7 Å². The first-order valence-corrected chi connectivity index (χ1v) is 13.0. The predicted octanol–water partition coefficient (Wildman–Crippen LogP) is 2.00. The van der Waals surface area contributed by atoms with Crippen LogP contribution in [0, 0.1) is 0 Å². The van der Waals surface area contributed by atoms with E-state index in [1.165, 1.54) is 28.2 Å². The van der Waals surface area contributed by atoms with Gasteiger partial charge in [-0.05, 0) is 46.4 Å². The average molecular weight is 491 g/mol. The van der Waals surface area contributed by atoms with E-state index < -0.39 is 11.7 Å². The fourth-order valence-corrected chi connectivity index (χ4v) is 5.81. The Morgan fingerprint density at radius 1 is 1.03 bits per heavy atom. The van der Waals surface area contributed by atoms with Crippen molar-refractivity contribution in [2.45, 2.75) is 37.5 Å². The third-order valence-electron chi connectivity index (χ3n) is 7.18. The summed E-state index contributed by atoms with van der Waals surface area (Å²) < 4.78 is 4.17. The number of nitrogens with two attached hydrogens (primary N) is 2. The Kier molecular flexibility index (Phi) is 7.00. The monoisotopic (exact) mass is 490 g/mol. The minimum absolute atomic E-state index is 0.193. The predicted molar refractivity (Wildman–Crippen MR) is 141 cm³/mol. The molecule has 3 aromatic rings. The number of benzene rings is 2. The largest absolute Gasteiger partial charge is 0.339 e. The van der Waals surface area contributed by atoms with Gasteiger partial charge in [0.1, 0.15) is 5.54 Å². The van der Waals surface area contributed by atoms with Gasteiger partial charge >= 0.3 is 0 Å². The van der Waals surface area contributed by atoms with Gasteiger partial charge in [0, 0.05) is 63.1 Å². The Labute approximate surface area is 211 Å². The molecule has 1 amide bonds. The van der Waals surface area contributed by atoms with Crippen molar-refractivity contribution in [1.82, 2.24) is 19.5 Å². The van der Waals surface area contributed by atoms with Crippen LogP contribution in [0.4, 0.5) is 0 Å². The summed E-state index contributed by atoms with van der Waals surface area (Å²) in [6.45, 7) is 5.53. The van der Waals surface area contributed by atoms with Crippen molar-refractivity contribution in [3.8, 4) is 11.1 Å². The Hall–Kier alpha value is -2.62. The van der Waals surface area contributed by atoms with Crippen LogP contribution in [-0.4, -0.2) is 65.0 Å². The lowest BCUT2D eigenvalue weighted by molar-refractivity contribution is -0.126. The highest BCUT2D eigenvalue weighted by atomic mass is 32.1. The highest BCUT2D eigenvalue weighted by molar-refractivity contribution is 7.06. The molecule has 1 aliphatic heterocycles. The molecule has 1 saturated heterocycles. The molecule has 0 spiro atoms. The molecule has 1 fully saturated rings. The Balaban J connectivity index is 1.13. The van der Waals surface area contributed by atoms with E-state index in [1.54, 1.807) is 0 Å². The number of nitrogens with one attached hydrogen (secondary N) is 1. The zero-order valence-electron chi connectivity index (χ0n) is 20.2. The Bertz CT molecular complexity index is 1130. The first-order valence-electron chi connectivity index (χ1n) is 12.2. The summed E-state index contributed by atoms with van der Waals surface area (Å²) in [5.74, 6) is -0.193. The van der Waals surface area contributed by atoms with Gasteiger partial charge in [0.25, 0.3) is 0 Å². The summed E-state index contributed by atoms with van der Waals surface area (Å²) in [7, 11) is 2.18. The van der Waals surface area contributed by atoms with Gasteiger partial charge < -0.3 is 21.7 Å². The van der Waals surface area contributed by atoms with E-state index in [-0.39, 0.29) is 5.91 Å². The number of carbonyl (C=O) groups is 1. The minimum Gasteiger partial charge on any atom is -0.339 e. The number of likely N-dealkylation sites (N-methyl/N-ethyl adjacent to an activating group) is 1. The van der Waals surface area contributed by atoms with Crippen LogP contribution in [0.1, 0.15) is 21.6 Å². The quantitative estimate of drug-likeness (QED) is 0.438. The fraction of sp³-hybridized carbons (Fsp3) is 0.407. The summed E-state index contributed by atoms with van der Waals surface area (Å²) in [5, 5.41) is 2.92. The summed E-state index contributed by atoms with van der Waals surface area (Å²) in [4.78, 5) is 18.8. The standard InChI is InChI=1S/C27H34N6OS/c1-32-10-12-33(13-11-32)18-20-4-8-22(9-5-20)21-6-2-19(3-7-21)14-25(28)31-26(34)27(29)15-23-17-30-35-24(23)16-27/h2-9,17,25H,10-16,18,28-29H2,1H3,(H,31,34)/t25?,27-/m0/s1. The van der Waals surface area contributed by atoms with Crippen LogP contribution in [0.3, 0.4) is 0 Å². The highest BCUT2D eigenvalue weighted by Gasteiger charge is 2.41. The molecular weight excluding hydrogens is 456 g/mol. The first-order chi connectivity index (χ1) is 16.9. The number of hydrogen-bond acceptors (Lipinski definition) is 7. The minimum atomic E-state index is -0.928. The highest BCUT2D eigenvalue weighted by Crippen LogP contribution is 2.31. The van der Waals surface area contributed by atoms with E-state index in [0.29, 0.717) is 19.3 Å². The van der Waals surface area contributed by atoms with Crippen LogP contribution in [0.2, 0.25) is 0 Å². The zero-order valence-corrected chi connectivity index (χ0v) is 21.1. The summed E-state index contributed by atoms with van der Waals surface area (Å²) in [5.41, 5.74) is 17.6. The normalized spacial score (nSPS) is 21.6. The number of aromatic nitrogens is 1. The molecule has 2 aromatic carbocycles. The van der Waals surface area contributed by atoms with Crippen LogP contribution in [0.5, 0.6) is 0 Å². The van der Waals surface area contributed by atoms with E-state index in [2.05, 4.69) is 75.1 Å². The van der Waals surface area contributed by atoms with Crippen molar-refractivity contribution in [2.75, 3.05) is 33.2 Å². The molecule has 0 saturated carbocycles. The molecule has 1 aliphatic carbocycles. The van der Waals surface area contributed by atoms with Gasteiger partial charge in [-0.25, -0.2) is 4.37 Å². The second kappa shape index (κ2) is 10.2.